The van der Waals surface area contributed by atoms with Crippen LogP contribution >= 0.6 is 11.3 Å². The van der Waals surface area contributed by atoms with Gasteiger partial charge in [-0.05, 0) is 43.7 Å². The molecule has 8 heteroatoms. The number of rotatable bonds is 6. The first-order valence-corrected chi connectivity index (χ1v) is 11.0. The van der Waals surface area contributed by atoms with Gasteiger partial charge in [-0.25, -0.2) is 13.4 Å². The second-order valence-corrected chi connectivity index (χ2v) is 9.34. The summed E-state index contributed by atoms with van der Waals surface area (Å²) in [4.78, 5) is 18.1. The van der Waals surface area contributed by atoms with Crippen LogP contribution in [0.2, 0.25) is 0 Å². The number of carbonyl (C=O) groups is 1. The van der Waals surface area contributed by atoms with Crippen molar-refractivity contribution in [1.29, 1.82) is 0 Å². The van der Waals surface area contributed by atoms with Crippen molar-refractivity contribution < 1.29 is 13.2 Å². The lowest BCUT2D eigenvalue weighted by Crippen LogP contribution is -2.26. The second-order valence-electron chi connectivity index (χ2n) is 6.17. The summed E-state index contributed by atoms with van der Waals surface area (Å²) >= 11 is 1.40. The number of nitrogens with one attached hydrogen (secondary N) is 1. The van der Waals surface area contributed by atoms with Gasteiger partial charge in [-0.2, -0.15) is 0 Å². The highest BCUT2D eigenvalue weighted by molar-refractivity contribution is 7.92. The van der Waals surface area contributed by atoms with Crippen LogP contribution in [0.3, 0.4) is 0 Å². The van der Waals surface area contributed by atoms with Gasteiger partial charge in [0.15, 0.2) is 5.13 Å². The molecule has 3 rings (SSSR count). The summed E-state index contributed by atoms with van der Waals surface area (Å²) in [7, 11) is -2.30. The normalized spacial score (nSPS) is 11.2. The smallest absolute Gasteiger partial charge is 0.264 e. The fourth-order valence-electron chi connectivity index (χ4n) is 2.71. The molecule has 1 N–H and O–H groups in total. The topological polar surface area (TPSA) is 79.4 Å². The van der Waals surface area contributed by atoms with Gasteiger partial charge in [0.05, 0.1) is 16.3 Å². The Bertz CT molecular complexity index is 1090. The van der Waals surface area contributed by atoms with E-state index in [-0.39, 0.29) is 10.5 Å². The Kier molecular flexibility index (Phi) is 5.81. The number of nitrogens with zero attached hydrogens (tertiary/aromatic N) is 2. The van der Waals surface area contributed by atoms with E-state index in [2.05, 4.69) is 10.3 Å². The highest BCUT2D eigenvalue weighted by atomic mass is 32.2. The fourth-order valence-corrected chi connectivity index (χ4v) is 4.85. The molecule has 0 spiro atoms. The van der Waals surface area contributed by atoms with Gasteiger partial charge in [-0.15, -0.1) is 11.3 Å². The van der Waals surface area contributed by atoms with Crippen molar-refractivity contribution in [2.24, 2.45) is 0 Å². The molecule has 3 aromatic rings. The van der Waals surface area contributed by atoms with Gasteiger partial charge in [0.2, 0.25) is 0 Å². The molecule has 1 heterocycles. The number of amides is 1. The van der Waals surface area contributed by atoms with Gasteiger partial charge in [0.1, 0.15) is 0 Å². The zero-order valence-electron chi connectivity index (χ0n) is 15.8. The maximum atomic E-state index is 12.9. The Hall–Kier alpha value is -2.71. The summed E-state index contributed by atoms with van der Waals surface area (Å²) in [5.41, 5.74) is 1.75. The van der Waals surface area contributed by atoms with E-state index >= 15 is 0 Å². The molecule has 0 aliphatic heterocycles. The van der Waals surface area contributed by atoms with Crippen LogP contribution < -0.4 is 9.62 Å². The van der Waals surface area contributed by atoms with Crippen molar-refractivity contribution in [3.63, 3.8) is 0 Å². The molecule has 0 unspecified atom stereocenters. The minimum atomic E-state index is -3.79. The van der Waals surface area contributed by atoms with E-state index in [1.165, 1.54) is 34.8 Å². The lowest BCUT2D eigenvalue weighted by Gasteiger charge is -2.19. The molecule has 0 saturated heterocycles. The molecular formula is C20H21N3O3S2. The lowest BCUT2D eigenvalue weighted by molar-refractivity contribution is 0.102. The summed E-state index contributed by atoms with van der Waals surface area (Å²) in [6.45, 7) is 3.96. The number of anilines is 2. The number of sulfonamides is 1. The second kappa shape index (κ2) is 8.12. The summed E-state index contributed by atoms with van der Waals surface area (Å²) in [5.74, 6) is -0.393. The van der Waals surface area contributed by atoms with Gasteiger partial charge in [0.25, 0.3) is 15.9 Å². The van der Waals surface area contributed by atoms with Crippen LogP contribution in [-0.2, 0) is 16.4 Å². The van der Waals surface area contributed by atoms with E-state index in [1.807, 2.05) is 19.9 Å². The first kappa shape index (κ1) is 20.0. The van der Waals surface area contributed by atoms with E-state index in [1.54, 1.807) is 36.4 Å². The van der Waals surface area contributed by atoms with Gasteiger partial charge < -0.3 is 0 Å². The molecule has 6 nitrogen and oxygen atoms in total. The Morgan fingerprint density at radius 2 is 1.86 bits per heavy atom. The Balaban J connectivity index is 1.85. The largest absolute Gasteiger partial charge is 0.298 e. The average Bonchev–Trinajstić information content (AvgIpc) is 3.07. The number of benzene rings is 2. The summed E-state index contributed by atoms with van der Waals surface area (Å²) in [6, 6.07) is 14.8. The SMILES string of the molecule is CCc1nc(NC(=O)c2cccc(S(=O)(=O)N(C)c3ccccc3)c2)sc1C. The summed E-state index contributed by atoms with van der Waals surface area (Å²) < 4.78 is 27.1. The Morgan fingerprint density at radius 3 is 2.50 bits per heavy atom. The third-order valence-corrected chi connectivity index (χ3v) is 7.03. The van der Waals surface area contributed by atoms with Crippen molar-refractivity contribution >= 4 is 38.1 Å². The molecule has 1 aromatic heterocycles. The van der Waals surface area contributed by atoms with E-state index in [0.29, 0.717) is 10.8 Å². The standard InChI is InChI=1S/C20H21N3O3S2/c1-4-18-14(2)27-20(21-18)22-19(24)15-9-8-12-17(13-15)28(25,26)23(3)16-10-6-5-7-11-16/h5-13H,4H2,1-3H3,(H,21,22,24). The van der Waals surface area contributed by atoms with Crippen LogP contribution in [-0.4, -0.2) is 26.4 Å². The average molecular weight is 416 g/mol. The number of hydrogen-bond donors (Lipinski definition) is 1. The molecule has 2 aromatic carbocycles. The highest BCUT2D eigenvalue weighted by Gasteiger charge is 2.22. The van der Waals surface area contributed by atoms with Crippen molar-refractivity contribution in [2.45, 2.75) is 25.2 Å². The minimum Gasteiger partial charge on any atom is -0.298 e. The summed E-state index contributed by atoms with van der Waals surface area (Å²) in [5, 5.41) is 3.26. The van der Waals surface area contributed by atoms with Crippen molar-refractivity contribution in [1.82, 2.24) is 4.98 Å². The zero-order valence-corrected chi connectivity index (χ0v) is 17.5. The Labute approximate surface area is 168 Å². The lowest BCUT2D eigenvalue weighted by atomic mass is 10.2. The van der Waals surface area contributed by atoms with Crippen LogP contribution in [0.15, 0.2) is 59.5 Å². The molecule has 0 bridgehead atoms. The molecule has 28 heavy (non-hydrogen) atoms. The molecule has 1 amide bonds. The quantitative estimate of drug-likeness (QED) is 0.658. The minimum absolute atomic E-state index is 0.0519. The maximum absolute atomic E-state index is 12.9. The number of thiazole rings is 1. The van der Waals surface area contributed by atoms with Crippen molar-refractivity contribution in [2.75, 3.05) is 16.7 Å². The third-order valence-electron chi connectivity index (χ3n) is 4.32. The van der Waals surface area contributed by atoms with E-state index in [0.717, 1.165) is 17.0 Å². The molecule has 0 fully saturated rings. The van der Waals surface area contributed by atoms with Crippen LogP contribution in [0.5, 0.6) is 0 Å². The van der Waals surface area contributed by atoms with E-state index in [9.17, 15) is 13.2 Å². The molecule has 146 valence electrons. The predicted molar refractivity (Wildman–Crippen MR) is 113 cm³/mol. The van der Waals surface area contributed by atoms with Gasteiger partial charge in [-0.3, -0.25) is 14.4 Å². The van der Waals surface area contributed by atoms with Crippen LogP contribution in [0.1, 0.15) is 27.9 Å². The molecule has 0 atom stereocenters. The van der Waals surface area contributed by atoms with E-state index in [4.69, 9.17) is 0 Å². The van der Waals surface area contributed by atoms with Crippen molar-refractivity contribution in [3.8, 4) is 0 Å². The zero-order chi connectivity index (χ0) is 20.3. The fraction of sp³-hybridized carbons (Fsp3) is 0.200. The van der Waals surface area contributed by atoms with Gasteiger partial charge >= 0.3 is 0 Å². The molecule has 0 aliphatic rings. The van der Waals surface area contributed by atoms with Gasteiger partial charge in [-0.1, -0.05) is 31.2 Å². The number of carbonyl (C=O) groups excluding carboxylic acids is 1. The number of hydrogen-bond acceptors (Lipinski definition) is 5. The van der Waals surface area contributed by atoms with Crippen molar-refractivity contribution in [3.05, 3.63) is 70.7 Å². The summed E-state index contributed by atoms with van der Waals surface area (Å²) in [6.07, 6.45) is 0.789. The first-order valence-electron chi connectivity index (χ1n) is 8.74. The number of aryl methyl sites for hydroxylation is 2. The first-order chi connectivity index (χ1) is 13.3. The molecule has 0 saturated carbocycles. The number of para-hydroxylation sites is 1. The van der Waals surface area contributed by atoms with Crippen LogP contribution in [0, 0.1) is 6.92 Å². The van der Waals surface area contributed by atoms with Crippen LogP contribution in [0.4, 0.5) is 10.8 Å². The maximum Gasteiger partial charge on any atom is 0.264 e. The third kappa shape index (κ3) is 4.07. The Morgan fingerprint density at radius 1 is 1.14 bits per heavy atom. The van der Waals surface area contributed by atoms with Gasteiger partial charge in [0, 0.05) is 17.5 Å². The van der Waals surface area contributed by atoms with Crippen LogP contribution in [0.25, 0.3) is 0 Å². The highest BCUT2D eigenvalue weighted by Crippen LogP contribution is 2.25. The number of aromatic nitrogens is 1. The molecule has 0 aliphatic carbocycles. The molecule has 0 radical (unpaired) electrons. The van der Waals surface area contributed by atoms with E-state index < -0.39 is 15.9 Å². The predicted octanol–water partition coefficient (Wildman–Crippen LogP) is 4.09. The monoisotopic (exact) mass is 415 g/mol. The molecular weight excluding hydrogens is 394 g/mol.